The predicted octanol–water partition coefficient (Wildman–Crippen LogP) is 8.50. The van der Waals surface area contributed by atoms with Crippen molar-refractivity contribution in [2.75, 3.05) is 22.9 Å². The van der Waals surface area contributed by atoms with Crippen LogP contribution < -0.4 is 21.3 Å². The molecule has 0 spiro atoms. The lowest BCUT2D eigenvalue weighted by Gasteiger charge is -2.22. The van der Waals surface area contributed by atoms with Crippen LogP contribution in [0.2, 0.25) is 0 Å². The lowest BCUT2D eigenvalue weighted by atomic mass is 10.1. The number of allylic oxidation sites excluding steroid dienone is 1. The SMILES string of the molecule is CCc1cccc(N(CC)C(N)=Nc2cccc3c2C=CC3)c1.CCc1cccc(N(CC)C(N)=Nc2cccc3c2CCC3)c1. The minimum absolute atomic E-state index is 0.537. The Morgan fingerprint density at radius 2 is 1.20 bits per heavy atom. The average molecular weight is 613 g/mol. The first-order chi connectivity index (χ1) is 22.4. The van der Waals surface area contributed by atoms with Gasteiger partial charge in [-0.1, -0.05) is 74.5 Å². The molecule has 6 heteroatoms. The maximum absolute atomic E-state index is 6.35. The third-order valence-electron chi connectivity index (χ3n) is 8.83. The molecule has 6 rings (SSSR count). The van der Waals surface area contributed by atoms with Crippen molar-refractivity contribution in [2.45, 2.75) is 66.2 Å². The smallest absolute Gasteiger partial charge is 0.201 e. The molecule has 46 heavy (non-hydrogen) atoms. The van der Waals surface area contributed by atoms with E-state index in [0.717, 1.165) is 67.9 Å². The largest absolute Gasteiger partial charge is 0.369 e. The van der Waals surface area contributed by atoms with Gasteiger partial charge in [0.15, 0.2) is 0 Å². The molecule has 0 aliphatic heterocycles. The second-order valence-electron chi connectivity index (χ2n) is 11.7. The van der Waals surface area contributed by atoms with Crippen molar-refractivity contribution in [3.05, 3.63) is 124 Å². The summed E-state index contributed by atoms with van der Waals surface area (Å²) in [6, 6.07) is 29.6. The standard InChI is InChI=1S/C20H25N3.C20H23N3/c2*1-3-15-8-5-11-17(14-15)23(4-2)20(21)22-19-13-7-10-16-9-6-12-18(16)19/h5,7-8,10-11,13-14H,3-4,6,9,12H2,1-2H3,(H2,21,22);5-8,10-14H,3-4,9H2,1-2H3,(H2,21,22). The Bertz CT molecular complexity index is 1730. The van der Waals surface area contributed by atoms with E-state index in [-0.39, 0.29) is 0 Å². The highest BCUT2D eigenvalue weighted by Gasteiger charge is 2.16. The molecular weight excluding hydrogens is 564 g/mol. The van der Waals surface area contributed by atoms with E-state index < -0.39 is 0 Å². The number of rotatable bonds is 8. The van der Waals surface area contributed by atoms with Crippen LogP contribution in [0.15, 0.2) is 101 Å². The summed E-state index contributed by atoms with van der Waals surface area (Å²) in [4.78, 5) is 13.6. The zero-order valence-corrected chi connectivity index (χ0v) is 27.8. The van der Waals surface area contributed by atoms with Crippen LogP contribution in [0.4, 0.5) is 22.7 Å². The summed E-state index contributed by atoms with van der Waals surface area (Å²) in [5, 5.41) is 0. The fourth-order valence-corrected chi connectivity index (χ4v) is 6.29. The number of nitrogens with zero attached hydrogens (tertiary/aromatic N) is 4. The number of aliphatic imine (C=N–C) groups is 2. The number of aryl methyl sites for hydroxylation is 3. The molecule has 0 heterocycles. The third kappa shape index (κ3) is 7.51. The second kappa shape index (κ2) is 15.4. The Morgan fingerprint density at radius 1 is 0.652 bits per heavy atom. The number of fused-ring (bicyclic) bond motifs is 2. The van der Waals surface area contributed by atoms with E-state index in [1.54, 1.807) is 0 Å². The average Bonchev–Trinajstić information content (AvgIpc) is 3.77. The molecule has 0 bridgehead atoms. The van der Waals surface area contributed by atoms with Gasteiger partial charge in [-0.3, -0.25) is 0 Å². The molecule has 0 unspecified atom stereocenters. The number of guanidine groups is 2. The second-order valence-corrected chi connectivity index (χ2v) is 11.7. The molecule has 0 radical (unpaired) electrons. The van der Waals surface area contributed by atoms with Crippen LogP contribution in [0.3, 0.4) is 0 Å². The zero-order chi connectivity index (χ0) is 32.5. The Kier molecular flexibility index (Phi) is 10.9. The normalized spacial score (nSPS) is 13.6. The molecule has 4 N–H and O–H groups in total. The fraction of sp³-hybridized carbons (Fsp3) is 0.300. The first-order valence-electron chi connectivity index (χ1n) is 16.8. The molecule has 4 aromatic carbocycles. The number of benzene rings is 4. The van der Waals surface area contributed by atoms with Gasteiger partial charge in [-0.25, -0.2) is 9.98 Å². The number of nitrogens with two attached hydrogens (primary N) is 2. The third-order valence-corrected chi connectivity index (χ3v) is 8.83. The molecule has 0 amide bonds. The molecular formula is C40H48N6. The summed E-state index contributed by atoms with van der Waals surface area (Å²) in [6.07, 6.45) is 10.8. The van der Waals surface area contributed by atoms with Gasteiger partial charge in [0.2, 0.25) is 11.9 Å². The van der Waals surface area contributed by atoms with Gasteiger partial charge >= 0.3 is 0 Å². The van der Waals surface area contributed by atoms with E-state index in [9.17, 15) is 0 Å². The Balaban J connectivity index is 0.000000181. The summed E-state index contributed by atoms with van der Waals surface area (Å²) in [7, 11) is 0. The molecule has 238 valence electrons. The lowest BCUT2D eigenvalue weighted by molar-refractivity contribution is 0.911. The lowest BCUT2D eigenvalue weighted by Crippen LogP contribution is -2.37. The van der Waals surface area contributed by atoms with E-state index in [1.165, 1.54) is 39.8 Å². The van der Waals surface area contributed by atoms with Crippen LogP contribution >= 0.6 is 0 Å². The van der Waals surface area contributed by atoms with Crippen LogP contribution in [0.25, 0.3) is 6.08 Å². The molecule has 4 aromatic rings. The topological polar surface area (TPSA) is 83.2 Å². The summed E-state index contributed by atoms with van der Waals surface area (Å²) in [5.74, 6) is 1.11. The van der Waals surface area contributed by atoms with Crippen molar-refractivity contribution in [2.24, 2.45) is 21.5 Å². The molecule has 0 fully saturated rings. The van der Waals surface area contributed by atoms with Gasteiger partial charge in [0, 0.05) is 30.0 Å². The molecule has 2 aliphatic carbocycles. The highest BCUT2D eigenvalue weighted by Crippen LogP contribution is 2.32. The highest BCUT2D eigenvalue weighted by molar-refractivity contribution is 5.97. The van der Waals surface area contributed by atoms with Gasteiger partial charge in [-0.15, -0.1) is 0 Å². The molecule has 0 saturated carbocycles. The van der Waals surface area contributed by atoms with Crippen molar-refractivity contribution in [3.63, 3.8) is 0 Å². The van der Waals surface area contributed by atoms with E-state index in [1.807, 2.05) is 12.1 Å². The maximum Gasteiger partial charge on any atom is 0.201 e. The maximum atomic E-state index is 6.35. The van der Waals surface area contributed by atoms with E-state index in [0.29, 0.717) is 11.9 Å². The monoisotopic (exact) mass is 612 g/mol. The van der Waals surface area contributed by atoms with Crippen LogP contribution in [0.5, 0.6) is 0 Å². The molecule has 6 nitrogen and oxygen atoms in total. The summed E-state index contributed by atoms with van der Waals surface area (Å²) >= 11 is 0. The molecule has 2 aliphatic rings. The van der Waals surface area contributed by atoms with Crippen LogP contribution in [0, 0.1) is 0 Å². The summed E-state index contributed by atoms with van der Waals surface area (Å²) in [6.45, 7) is 10.1. The van der Waals surface area contributed by atoms with Gasteiger partial charge in [0.25, 0.3) is 0 Å². The first-order valence-corrected chi connectivity index (χ1v) is 16.8. The Morgan fingerprint density at radius 3 is 1.78 bits per heavy atom. The van der Waals surface area contributed by atoms with Crippen molar-refractivity contribution in [1.29, 1.82) is 0 Å². The van der Waals surface area contributed by atoms with Crippen molar-refractivity contribution >= 4 is 40.7 Å². The van der Waals surface area contributed by atoms with Gasteiger partial charge in [-0.2, -0.15) is 0 Å². The minimum Gasteiger partial charge on any atom is -0.369 e. The number of hydrogen-bond donors (Lipinski definition) is 2. The van der Waals surface area contributed by atoms with Gasteiger partial charge in [-0.05, 0) is 117 Å². The predicted molar refractivity (Wildman–Crippen MR) is 198 cm³/mol. The Hall–Kier alpha value is -4.84. The van der Waals surface area contributed by atoms with Crippen LogP contribution in [0.1, 0.15) is 67.5 Å². The summed E-state index contributed by atoms with van der Waals surface area (Å²) in [5.41, 5.74) is 24.8. The summed E-state index contributed by atoms with van der Waals surface area (Å²) < 4.78 is 0. The van der Waals surface area contributed by atoms with Gasteiger partial charge in [0.1, 0.15) is 0 Å². The van der Waals surface area contributed by atoms with Crippen molar-refractivity contribution in [1.82, 2.24) is 0 Å². The van der Waals surface area contributed by atoms with Crippen LogP contribution in [-0.4, -0.2) is 25.0 Å². The fourth-order valence-electron chi connectivity index (χ4n) is 6.29. The van der Waals surface area contributed by atoms with Crippen molar-refractivity contribution in [3.8, 4) is 0 Å². The van der Waals surface area contributed by atoms with E-state index in [4.69, 9.17) is 21.5 Å². The van der Waals surface area contributed by atoms with E-state index >= 15 is 0 Å². The molecule has 0 aromatic heterocycles. The highest BCUT2D eigenvalue weighted by atomic mass is 15.3. The van der Waals surface area contributed by atoms with Crippen molar-refractivity contribution < 1.29 is 0 Å². The quantitative estimate of drug-likeness (QED) is 0.154. The first kappa shape index (κ1) is 32.6. The number of hydrogen-bond acceptors (Lipinski definition) is 2. The van der Waals surface area contributed by atoms with E-state index in [2.05, 4.69) is 122 Å². The number of anilines is 2. The molecule has 0 atom stereocenters. The Labute approximate surface area is 275 Å². The zero-order valence-electron chi connectivity index (χ0n) is 27.8. The molecule has 0 saturated heterocycles. The van der Waals surface area contributed by atoms with Crippen LogP contribution in [-0.2, 0) is 32.1 Å². The minimum atomic E-state index is 0.537. The van der Waals surface area contributed by atoms with Gasteiger partial charge < -0.3 is 21.3 Å². The van der Waals surface area contributed by atoms with Gasteiger partial charge in [0.05, 0.1) is 11.4 Å².